The predicted octanol–water partition coefficient (Wildman–Crippen LogP) is 7.03. The Morgan fingerprint density at radius 2 is 1.72 bits per heavy atom. The SMILES string of the molecule is C[C@@H]1C[C@H](n2c(Cc3ccc(C(F)(F)F)cc3)nc3ccccc32)CC(C)(C)C1. The van der Waals surface area contributed by atoms with Gasteiger partial charge in [-0.3, -0.25) is 0 Å². The fourth-order valence-corrected chi connectivity index (χ4v) is 5.11. The van der Waals surface area contributed by atoms with Gasteiger partial charge in [-0.25, -0.2) is 4.98 Å². The minimum absolute atomic E-state index is 0.263. The van der Waals surface area contributed by atoms with Crippen molar-refractivity contribution in [3.8, 4) is 0 Å². The standard InChI is InChI=1S/C24H27F3N2/c1-16-12-19(15-23(2,3)14-16)29-21-7-5-4-6-20(21)28-22(29)13-17-8-10-18(11-9-17)24(25,26)27/h4-11,16,19H,12-15H2,1-3H3/t16-,19+/m1/s1. The Morgan fingerprint density at radius 3 is 2.38 bits per heavy atom. The van der Waals surface area contributed by atoms with Gasteiger partial charge < -0.3 is 4.57 Å². The van der Waals surface area contributed by atoms with Gasteiger partial charge in [0.1, 0.15) is 5.82 Å². The molecule has 1 saturated carbocycles. The first-order valence-electron chi connectivity index (χ1n) is 10.2. The Bertz CT molecular complexity index is 999. The zero-order valence-corrected chi connectivity index (χ0v) is 17.1. The molecule has 2 nitrogen and oxygen atoms in total. The highest BCUT2D eigenvalue weighted by Crippen LogP contribution is 2.45. The van der Waals surface area contributed by atoms with Crippen LogP contribution in [0.1, 0.15) is 63.0 Å². The molecule has 1 heterocycles. The molecule has 154 valence electrons. The van der Waals surface area contributed by atoms with Crippen molar-refractivity contribution >= 4 is 11.0 Å². The van der Waals surface area contributed by atoms with E-state index in [1.54, 1.807) is 12.1 Å². The second-order valence-corrected chi connectivity index (χ2v) is 9.33. The summed E-state index contributed by atoms with van der Waals surface area (Å²) >= 11 is 0. The van der Waals surface area contributed by atoms with Gasteiger partial charge in [-0.05, 0) is 60.4 Å². The van der Waals surface area contributed by atoms with E-state index in [9.17, 15) is 13.2 Å². The smallest absolute Gasteiger partial charge is 0.325 e. The number of hydrogen-bond acceptors (Lipinski definition) is 1. The second kappa shape index (κ2) is 7.19. The highest BCUT2D eigenvalue weighted by atomic mass is 19.4. The van der Waals surface area contributed by atoms with Crippen LogP contribution in [0.5, 0.6) is 0 Å². The number of nitrogens with zero attached hydrogens (tertiary/aromatic N) is 2. The molecule has 0 unspecified atom stereocenters. The van der Waals surface area contributed by atoms with E-state index in [-0.39, 0.29) is 5.41 Å². The van der Waals surface area contributed by atoms with Gasteiger partial charge in [0.25, 0.3) is 0 Å². The fraction of sp³-hybridized carbons (Fsp3) is 0.458. The zero-order valence-electron chi connectivity index (χ0n) is 17.1. The molecule has 5 heteroatoms. The molecule has 0 amide bonds. The molecule has 0 spiro atoms. The zero-order chi connectivity index (χ0) is 20.8. The minimum Gasteiger partial charge on any atom is -0.325 e. The van der Waals surface area contributed by atoms with Crippen LogP contribution in [0.3, 0.4) is 0 Å². The highest BCUT2D eigenvalue weighted by Gasteiger charge is 2.34. The summed E-state index contributed by atoms with van der Waals surface area (Å²) in [5, 5.41) is 0. The maximum Gasteiger partial charge on any atom is 0.416 e. The molecule has 3 aromatic rings. The van der Waals surface area contributed by atoms with E-state index in [1.165, 1.54) is 6.42 Å². The van der Waals surface area contributed by atoms with E-state index in [0.29, 0.717) is 18.4 Å². The van der Waals surface area contributed by atoms with Gasteiger partial charge in [0.2, 0.25) is 0 Å². The molecule has 2 atom stereocenters. The van der Waals surface area contributed by atoms with E-state index in [4.69, 9.17) is 4.98 Å². The topological polar surface area (TPSA) is 17.8 Å². The number of para-hydroxylation sites is 2. The molecule has 2 aromatic carbocycles. The van der Waals surface area contributed by atoms with Gasteiger partial charge in [0.15, 0.2) is 0 Å². The Balaban J connectivity index is 1.72. The summed E-state index contributed by atoms with van der Waals surface area (Å²) in [4.78, 5) is 4.87. The lowest BCUT2D eigenvalue weighted by atomic mass is 9.70. The largest absolute Gasteiger partial charge is 0.416 e. The van der Waals surface area contributed by atoms with E-state index >= 15 is 0 Å². The maximum atomic E-state index is 12.9. The average Bonchev–Trinajstić information content (AvgIpc) is 2.97. The summed E-state index contributed by atoms with van der Waals surface area (Å²) in [7, 11) is 0. The Labute approximate surface area is 169 Å². The van der Waals surface area contributed by atoms with Crippen LogP contribution >= 0.6 is 0 Å². The lowest BCUT2D eigenvalue weighted by Gasteiger charge is -2.40. The number of hydrogen-bond donors (Lipinski definition) is 0. The van der Waals surface area contributed by atoms with Crippen LogP contribution in [0.2, 0.25) is 0 Å². The maximum absolute atomic E-state index is 12.9. The van der Waals surface area contributed by atoms with Crippen LogP contribution in [0, 0.1) is 11.3 Å². The predicted molar refractivity (Wildman–Crippen MR) is 110 cm³/mol. The van der Waals surface area contributed by atoms with Gasteiger partial charge in [0.05, 0.1) is 16.6 Å². The first kappa shape index (κ1) is 20.0. The number of imidazole rings is 1. The minimum atomic E-state index is -4.31. The highest BCUT2D eigenvalue weighted by molar-refractivity contribution is 5.76. The Hall–Kier alpha value is -2.30. The van der Waals surface area contributed by atoms with Gasteiger partial charge >= 0.3 is 6.18 Å². The van der Waals surface area contributed by atoms with E-state index in [1.807, 2.05) is 18.2 Å². The number of halogens is 3. The van der Waals surface area contributed by atoms with Gasteiger partial charge in [0, 0.05) is 12.5 Å². The van der Waals surface area contributed by atoms with Crippen LogP contribution in [0.25, 0.3) is 11.0 Å². The molecule has 0 bridgehead atoms. The van der Waals surface area contributed by atoms with Crippen molar-refractivity contribution in [2.75, 3.05) is 0 Å². The summed E-state index contributed by atoms with van der Waals surface area (Å²) in [5.41, 5.74) is 2.56. The first-order chi connectivity index (χ1) is 13.6. The molecular formula is C24H27F3N2. The molecular weight excluding hydrogens is 373 g/mol. The van der Waals surface area contributed by atoms with Crippen molar-refractivity contribution in [3.63, 3.8) is 0 Å². The first-order valence-corrected chi connectivity index (χ1v) is 10.2. The van der Waals surface area contributed by atoms with Crippen molar-refractivity contribution in [1.29, 1.82) is 0 Å². The van der Waals surface area contributed by atoms with Crippen LogP contribution in [-0.2, 0) is 12.6 Å². The fourth-order valence-electron chi connectivity index (χ4n) is 5.11. The lowest BCUT2D eigenvalue weighted by molar-refractivity contribution is -0.137. The number of rotatable bonds is 3. The number of aromatic nitrogens is 2. The van der Waals surface area contributed by atoms with Crippen LogP contribution < -0.4 is 0 Å². The summed E-state index contributed by atoms with van der Waals surface area (Å²) in [5.74, 6) is 1.56. The lowest BCUT2D eigenvalue weighted by Crippen LogP contribution is -2.30. The molecule has 0 saturated heterocycles. The summed E-state index contributed by atoms with van der Waals surface area (Å²) < 4.78 is 41.0. The van der Waals surface area contributed by atoms with Gasteiger partial charge in [-0.15, -0.1) is 0 Å². The van der Waals surface area contributed by atoms with Crippen molar-refractivity contribution in [2.45, 2.75) is 58.7 Å². The van der Waals surface area contributed by atoms with Gasteiger partial charge in [-0.1, -0.05) is 45.0 Å². The summed E-state index contributed by atoms with van der Waals surface area (Å²) in [6.45, 7) is 6.96. The van der Waals surface area contributed by atoms with E-state index < -0.39 is 11.7 Å². The summed E-state index contributed by atoms with van der Waals surface area (Å²) in [6.07, 6.45) is -0.389. The molecule has 1 aromatic heterocycles. The average molecular weight is 400 g/mol. The van der Waals surface area contributed by atoms with E-state index in [2.05, 4.69) is 31.4 Å². The van der Waals surface area contributed by atoms with Crippen LogP contribution in [0.15, 0.2) is 48.5 Å². The molecule has 29 heavy (non-hydrogen) atoms. The molecule has 1 aliphatic rings. The molecule has 0 aliphatic heterocycles. The molecule has 1 fully saturated rings. The molecule has 1 aliphatic carbocycles. The molecule has 0 N–H and O–H groups in total. The monoisotopic (exact) mass is 400 g/mol. The van der Waals surface area contributed by atoms with Crippen molar-refractivity contribution in [2.24, 2.45) is 11.3 Å². The summed E-state index contributed by atoms with van der Waals surface area (Å²) in [6, 6.07) is 13.9. The third-order valence-corrected chi connectivity index (χ3v) is 6.04. The van der Waals surface area contributed by atoms with Crippen LogP contribution in [0.4, 0.5) is 13.2 Å². The van der Waals surface area contributed by atoms with Crippen LogP contribution in [-0.4, -0.2) is 9.55 Å². The number of benzene rings is 2. The van der Waals surface area contributed by atoms with Crippen molar-refractivity contribution < 1.29 is 13.2 Å². The third-order valence-electron chi connectivity index (χ3n) is 6.04. The number of fused-ring (bicyclic) bond motifs is 1. The second-order valence-electron chi connectivity index (χ2n) is 9.33. The normalized spacial score (nSPS) is 22.1. The molecule has 0 radical (unpaired) electrons. The quantitative estimate of drug-likeness (QED) is 0.461. The van der Waals surface area contributed by atoms with E-state index in [0.717, 1.165) is 47.4 Å². The van der Waals surface area contributed by atoms with Crippen molar-refractivity contribution in [1.82, 2.24) is 9.55 Å². The van der Waals surface area contributed by atoms with Crippen molar-refractivity contribution in [3.05, 3.63) is 65.5 Å². The van der Waals surface area contributed by atoms with Gasteiger partial charge in [-0.2, -0.15) is 13.2 Å². The number of alkyl halides is 3. The Morgan fingerprint density at radius 1 is 1.03 bits per heavy atom. The molecule has 4 rings (SSSR count). The Kier molecular flexibility index (Phi) is 4.96. The third kappa shape index (κ3) is 4.19.